The molecule has 0 aromatic carbocycles. The normalized spacial score (nSPS) is 9.17. The third-order valence-electron chi connectivity index (χ3n) is 1.65. The van der Waals surface area contributed by atoms with Crippen LogP contribution in [0.4, 0.5) is 0 Å². The van der Waals surface area contributed by atoms with Crippen molar-refractivity contribution in [2.45, 2.75) is 13.8 Å². The third-order valence-corrected chi connectivity index (χ3v) is 1.65. The number of nitrogens with zero attached hydrogens (tertiary/aromatic N) is 1. The Kier molecular flexibility index (Phi) is 2.75. The fourth-order valence-electron chi connectivity index (χ4n) is 1.01. The summed E-state index contributed by atoms with van der Waals surface area (Å²) < 4.78 is 0. The maximum absolute atomic E-state index is 10.7. The van der Waals surface area contributed by atoms with Crippen molar-refractivity contribution in [3.8, 4) is 0 Å². The molecule has 0 saturated heterocycles. The lowest BCUT2D eigenvalue weighted by Gasteiger charge is -2.00. The predicted molar refractivity (Wildman–Crippen MR) is 48.6 cm³/mol. The number of hydrogen-bond donors (Lipinski definition) is 0. The van der Waals surface area contributed by atoms with E-state index in [1.807, 2.05) is 26.0 Å². The van der Waals surface area contributed by atoms with E-state index in [2.05, 4.69) is 4.98 Å². The minimum Gasteiger partial charge on any atom is -0.298 e. The van der Waals surface area contributed by atoms with Crippen molar-refractivity contribution in [2.75, 3.05) is 0 Å². The van der Waals surface area contributed by atoms with Gasteiger partial charge in [-0.15, -0.1) is 0 Å². The third kappa shape index (κ3) is 1.78. The van der Waals surface area contributed by atoms with E-state index >= 15 is 0 Å². The van der Waals surface area contributed by atoms with Crippen LogP contribution < -0.4 is 0 Å². The molecular formula is C10H11NO. The zero-order chi connectivity index (χ0) is 8.97. The second-order valence-corrected chi connectivity index (χ2v) is 2.77. The molecule has 0 saturated carbocycles. The summed E-state index contributed by atoms with van der Waals surface area (Å²) in [4.78, 5) is 14.6. The topological polar surface area (TPSA) is 30.0 Å². The highest BCUT2D eigenvalue weighted by Gasteiger charge is 1.99. The van der Waals surface area contributed by atoms with E-state index in [0.717, 1.165) is 23.0 Å². The van der Waals surface area contributed by atoms with Gasteiger partial charge in [-0.25, -0.2) is 0 Å². The fraction of sp³-hybridized carbons (Fsp3) is 0.200. The van der Waals surface area contributed by atoms with Crippen molar-refractivity contribution in [2.24, 2.45) is 0 Å². The predicted octanol–water partition coefficient (Wildman–Crippen LogP) is 2.07. The Balaban J connectivity index is 3.14. The molecular weight excluding hydrogens is 150 g/mol. The monoisotopic (exact) mass is 161 g/mol. The van der Waals surface area contributed by atoms with Gasteiger partial charge in [0, 0.05) is 18.0 Å². The number of allylic oxidation sites excluding steroid dienone is 2. The van der Waals surface area contributed by atoms with E-state index < -0.39 is 0 Å². The molecule has 0 aliphatic heterocycles. The van der Waals surface area contributed by atoms with Gasteiger partial charge in [0.25, 0.3) is 0 Å². The number of pyridine rings is 1. The number of aromatic nitrogens is 1. The van der Waals surface area contributed by atoms with Crippen LogP contribution in [0, 0.1) is 0 Å². The number of aldehydes is 1. The summed E-state index contributed by atoms with van der Waals surface area (Å²) in [5.74, 6) is 0. The zero-order valence-electron chi connectivity index (χ0n) is 7.24. The summed E-state index contributed by atoms with van der Waals surface area (Å²) in [5.41, 5.74) is 2.70. The first-order valence-corrected chi connectivity index (χ1v) is 3.78. The molecule has 0 aliphatic carbocycles. The molecule has 0 spiro atoms. The van der Waals surface area contributed by atoms with Crippen LogP contribution in [-0.2, 0) is 4.79 Å². The first-order valence-electron chi connectivity index (χ1n) is 3.78. The van der Waals surface area contributed by atoms with Crippen molar-refractivity contribution in [3.63, 3.8) is 0 Å². The maximum atomic E-state index is 10.7. The second-order valence-electron chi connectivity index (χ2n) is 2.77. The molecule has 1 aromatic rings. The number of carbonyl (C=O) groups is 1. The average Bonchev–Trinajstić information content (AvgIpc) is 2.07. The first kappa shape index (κ1) is 8.65. The van der Waals surface area contributed by atoms with Crippen LogP contribution in [0.25, 0.3) is 5.57 Å². The van der Waals surface area contributed by atoms with Crippen LogP contribution in [0.5, 0.6) is 0 Å². The van der Waals surface area contributed by atoms with Gasteiger partial charge in [-0.05, 0) is 31.5 Å². The van der Waals surface area contributed by atoms with E-state index in [0.29, 0.717) is 0 Å². The van der Waals surface area contributed by atoms with Gasteiger partial charge in [0.05, 0.1) is 0 Å². The largest absolute Gasteiger partial charge is 0.298 e. The number of rotatable bonds is 2. The molecule has 2 nitrogen and oxygen atoms in total. The maximum Gasteiger partial charge on any atom is 0.150 e. The molecule has 0 radical (unpaired) electrons. The molecule has 1 heterocycles. The van der Waals surface area contributed by atoms with Gasteiger partial charge in [-0.1, -0.05) is 5.57 Å². The molecule has 0 unspecified atom stereocenters. The minimum atomic E-state index is 0.748. The first-order chi connectivity index (χ1) is 5.75. The standard InChI is InChI=1S/C10H11NO/c1-8(2)10(7-12)9-3-5-11-6-4-9/h3-7H,1-2H3. The van der Waals surface area contributed by atoms with Gasteiger partial charge >= 0.3 is 0 Å². The SMILES string of the molecule is CC(C)=C(C=O)c1ccncc1. The summed E-state index contributed by atoms with van der Waals surface area (Å²) in [5, 5.41) is 0. The fourth-order valence-corrected chi connectivity index (χ4v) is 1.01. The Morgan fingerprint density at radius 2 is 1.92 bits per heavy atom. The molecule has 0 bridgehead atoms. The summed E-state index contributed by atoms with van der Waals surface area (Å²) >= 11 is 0. The molecule has 2 heteroatoms. The molecule has 1 aromatic heterocycles. The van der Waals surface area contributed by atoms with Crippen molar-refractivity contribution >= 4 is 11.9 Å². The van der Waals surface area contributed by atoms with Gasteiger partial charge in [-0.3, -0.25) is 9.78 Å². The Hall–Kier alpha value is -1.44. The van der Waals surface area contributed by atoms with E-state index in [1.165, 1.54) is 0 Å². The quantitative estimate of drug-likeness (QED) is 0.491. The summed E-state index contributed by atoms with van der Waals surface area (Å²) in [6, 6.07) is 3.66. The van der Waals surface area contributed by atoms with Crippen molar-refractivity contribution in [1.29, 1.82) is 0 Å². The lowest BCUT2D eigenvalue weighted by atomic mass is 10.0. The molecule has 1 rings (SSSR count). The highest BCUT2D eigenvalue weighted by Crippen LogP contribution is 2.14. The van der Waals surface area contributed by atoms with Crippen LogP contribution in [-0.4, -0.2) is 11.3 Å². The minimum absolute atomic E-state index is 0.748. The molecule has 62 valence electrons. The van der Waals surface area contributed by atoms with E-state index in [-0.39, 0.29) is 0 Å². The second kappa shape index (κ2) is 3.81. The molecule has 0 N–H and O–H groups in total. The summed E-state index contributed by atoms with van der Waals surface area (Å²) in [7, 11) is 0. The van der Waals surface area contributed by atoms with Crippen LogP contribution in [0.2, 0.25) is 0 Å². The van der Waals surface area contributed by atoms with Crippen LogP contribution in [0.3, 0.4) is 0 Å². The van der Waals surface area contributed by atoms with Crippen molar-refractivity contribution < 1.29 is 4.79 Å². The lowest BCUT2D eigenvalue weighted by molar-refractivity contribution is -0.103. The van der Waals surface area contributed by atoms with Gasteiger partial charge in [0.1, 0.15) is 0 Å². The Morgan fingerprint density at radius 3 is 2.33 bits per heavy atom. The van der Waals surface area contributed by atoms with E-state index in [4.69, 9.17) is 0 Å². The summed E-state index contributed by atoms with van der Waals surface area (Å²) in [6.45, 7) is 3.84. The highest BCUT2D eigenvalue weighted by atomic mass is 16.1. The highest BCUT2D eigenvalue weighted by molar-refractivity contribution is 6.07. The van der Waals surface area contributed by atoms with E-state index in [1.54, 1.807) is 12.4 Å². The smallest absolute Gasteiger partial charge is 0.150 e. The van der Waals surface area contributed by atoms with Crippen LogP contribution >= 0.6 is 0 Å². The molecule has 0 atom stereocenters. The Bertz CT molecular complexity index is 297. The van der Waals surface area contributed by atoms with Gasteiger partial charge in [0.2, 0.25) is 0 Å². The van der Waals surface area contributed by atoms with Crippen molar-refractivity contribution in [3.05, 3.63) is 35.7 Å². The number of hydrogen-bond acceptors (Lipinski definition) is 2. The average molecular weight is 161 g/mol. The Labute approximate surface area is 71.9 Å². The van der Waals surface area contributed by atoms with Crippen LogP contribution in [0.1, 0.15) is 19.4 Å². The lowest BCUT2D eigenvalue weighted by Crippen LogP contribution is -1.88. The van der Waals surface area contributed by atoms with Gasteiger partial charge in [0.15, 0.2) is 6.29 Å². The molecule has 0 amide bonds. The Morgan fingerprint density at radius 1 is 1.33 bits per heavy atom. The van der Waals surface area contributed by atoms with Gasteiger partial charge < -0.3 is 0 Å². The molecule has 12 heavy (non-hydrogen) atoms. The van der Waals surface area contributed by atoms with E-state index in [9.17, 15) is 4.79 Å². The van der Waals surface area contributed by atoms with Crippen LogP contribution in [0.15, 0.2) is 30.1 Å². The van der Waals surface area contributed by atoms with Gasteiger partial charge in [-0.2, -0.15) is 0 Å². The molecule has 0 aliphatic rings. The van der Waals surface area contributed by atoms with Crippen molar-refractivity contribution in [1.82, 2.24) is 4.98 Å². The zero-order valence-corrected chi connectivity index (χ0v) is 7.24. The number of carbonyl (C=O) groups excluding carboxylic acids is 1. The molecule has 0 fully saturated rings. The summed E-state index contributed by atoms with van der Waals surface area (Å²) in [6.07, 6.45) is 4.24.